The summed E-state index contributed by atoms with van der Waals surface area (Å²) >= 11 is 0. The monoisotopic (exact) mass is 179 g/mol. The lowest BCUT2D eigenvalue weighted by molar-refractivity contribution is 0.418. The van der Waals surface area contributed by atoms with Gasteiger partial charge < -0.3 is 0 Å². The fourth-order valence-electron chi connectivity index (χ4n) is 2.02. The van der Waals surface area contributed by atoms with Crippen molar-refractivity contribution in [3.8, 4) is 0 Å². The molecule has 1 aliphatic carbocycles. The van der Waals surface area contributed by atoms with Gasteiger partial charge >= 0.3 is 0 Å². The van der Waals surface area contributed by atoms with E-state index in [1.54, 1.807) is 0 Å². The van der Waals surface area contributed by atoms with Crippen molar-refractivity contribution in [2.75, 3.05) is 0 Å². The van der Waals surface area contributed by atoms with E-state index in [1.165, 1.54) is 25.7 Å². The van der Waals surface area contributed by atoms with Crippen LogP contribution in [0.2, 0.25) is 0 Å². The first-order valence-corrected chi connectivity index (χ1v) is 5.34. The Kier molecular flexibility index (Phi) is 3.71. The first-order chi connectivity index (χ1) is 6.18. The summed E-state index contributed by atoms with van der Waals surface area (Å²) in [4.78, 5) is 4.41. The Morgan fingerprint density at radius 1 is 1.38 bits per heavy atom. The molecule has 0 aliphatic heterocycles. The maximum absolute atomic E-state index is 4.41. The highest BCUT2D eigenvalue weighted by atomic mass is 14.7. The minimum atomic E-state index is 0.387. The van der Waals surface area contributed by atoms with E-state index < -0.39 is 0 Å². The molecule has 1 fully saturated rings. The van der Waals surface area contributed by atoms with E-state index in [-0.39, 0.29) is 0 Å². The summed E-state index contributed by atoms with van der Waals surface area (Å²) in [5.41, 5.74) is 0.387. The highest BCUT2D eigenvalue weighted by Gasteiger charge is 2.29. The molecule has 0 N–H and O–H groups in total. The smallest absolute Gasteiger partial charge is 0.0439 e. The lowest BCUT2D eigenvalue weighted by Gasteiger charge is -2.22. The van der Waals surface area contributed by atoms with Crippen LogP contribution in [0.15, 0.2) is 17.6 Å². The van der Waals surface area contributed by atoms with Gasteiger partial charge in [-0.2, -0.15) is 0 Å². The summed E-state index contributed by atoms with van der Waals surface area (Å²) in [5.74, 6) is 0. The van der Waals surface area contributed by atoms with Crippen LogP contribution in [0.1, 0.15) is 46.0 Å². The van der Waals surface area contributed by atoms with Gasteiger partial charge in [-0.3, -0.25) is 4.99 Å². The van der Waals surface area contributed by atoms with Gasteiger partial charge in [-0.15, -0.1) is 6.58 Å². The normalized spacial score (nSPS) is 21.5. The zero-order valence-electron chi connectivity index (χ0n) is 8.92. The molecule has 1 saturated carbocycles. The predicted octanol–water partition coefficient (Wildman–Crippen LogP) is 3.60. The molecule has 1 nitrogen and oxygen atoms in total. The van der Waals surface area contributed by atoms with Gasteiger partial charge in [0, 0.05) is 6.04 Å². The lowest BCUT2D eigenvalue weighted by atomic mass is 9.83. The van der Waals surface area contributed by atoms with Gasteiger partial charge in [0.1, 0.15) is 0 Å². The fourth-order valence-corrected chi connectivity index (χ4v) is 2.02. The first-order valence-electron chi connectivity index (χ1n) is 5.34. The van der Waals surface area contributed by atoms with Crippen molar-refractivity contribution < 1.29 is 0 Å². The zero-order chi connectivity index (χ0) is 9.73. The summed E-state index contributed by atoms with van der Waals surface area (Å²) in [5, 5.41) is 0. The quantitative estimate of drug-likeness (QED) is 0.462. The molecule has 0 bridgehead atoms. The topological polar surface area (TPSA) is 12.4 Å². The standard InChI is InChI=1S/C12H21N/c1-4-12(7-5-6-8-12)9-10-13-11(2)3/h4,10-11H,1,5-9H2,2-3H3. The molecule has 0 heterocycles. The third kappa shape index (κ3) is 2.98. The second-order valence-electron chi connectivity index (χ2n) is 4.40. The summed E-state index contributed by atoms with van der Waals surface area (Å²) in [6.45, 7) is 8.18. The average Bonchev–Trinajstić information content (AvgIpc) is 2.53. The van der Waals surface area contributed by atoms with Gasteiger partial charge in [-0.25, -0.2) is 0 Å². The fraction of sp³-hybridized carbons (Fsp3) is 0.750. The van der Waals surface area contributed by atoms with Crippen LogP contribution in [-0.2, 0) is 0 Å². The first kappa shape index (κ1) is 10.5. The van der Waals surface area contributed by atoms with E-state index >= 15 is 0 Å². The van der Waals surface area contributed by atoms with Gasteiger partial charge in [-0.1, -0.05) is 18.9 Å². The third-order valence-corrected chi connectivity index (χ3v) is 2.93. The number of rotatable bonds is 4. The molecule has 0 aromatic carbocycles. The molecule has 0 aromatic rings. The van der Waals surface area contributed by atoms with Crippen LogP contribution in [-0.4, -0.2) is 12.3 Å². The van der Waals surface area contributed by atoms with Crippen LogP contribution < -0.4 is 0 Å². The number of hydrogen-bond acceptors (Lipinski definition) is 1. The molecule has 0 spiro atoms. The Balaban J connectivity index is 2.44. The van der Waals surface area contributed by atoms with Crippen LogP contribution in [0.25, 0.3) is 0 Å². The van der Waals surface area contributed by atoms with Gasteiger partial charge in [-0.05, 0) is 44.7 Å². The van der Waals surface area contributed by atoms with Gasteiger partial charge in [0.15, 0.2) is 0 Å². The number of aliphatic imine (C=N–C) groups is 1. The van der Waals surface area contributed by atoms with Gasteiger partial charge in [0.2, 0.25) is 0 Å². The van der Waals surface area contributed by atoms with E-state index in [0.717, 1.165) is 6.42 Å². The molecule has 0 saturated heterocycles. The second kappa shape index (κ2) is 4.59. The molecule has 1 rings (SSSR count). The van der Waals surface area contributed by atoms with Crippen LogP contribution in [0, 0.1) is 5.41 Å². The van der Waals surface area contributed by atoms with E-state index in [2.05, 4.69) is 37.7 Å². The van der Waals surface area contributed by atoms with Crippen molar-refractivity contribution in [2.24, 2.45) is 10.4 Å². The van der Waals surface area contributed by atoms with Crippen molar-refractivity contribution in [1.82, 2.24) is 0 Å². The van der Waals surface area contributed by atoms with Crippen molar-refractivity contribution in [3.05, 3.63) is 12.7 Å². The molecule has 74 valence electrons. The zero-order valence-corrected chi connectivity index (χ0v) is 8.92. The van der Waals surface area contributed by atoms with Crippen LogP contribution in [0.4, 0.5) is 0 Å². The Labute approximate surface area is 82.0 Å². The summed E-state index contributed by atoms with van der Waals surface area (Å²) in [6.07, 6.45) is 10.7. The molecule has 0 atom stereocenters. The molecule has 0 amide bonds. The highest BCUT2D eigenvalue weighted by Crippen LogP contribution is 2.41. The Hall–Kier alpha value is -0.590. The maximum Gasteiger partial charge on any atom is 0.0439 e. The molecular weight excluding hydrogens is 158 g/mol. The molecule has 1 heteroatoms. The predicted molar refractivity (Wildman–Crippen MR) is 59.3 cm³/mol. The van der Waals surface area contributed by atoms with Crippen molar-refractivity contribution in [2.45, 2.75) is 52.0 Å². The minimum absolute atomic E-state index is 0.387. The second-order valence-corrected chi connectivity index (χ2v) is 4.40. The molecule has 0 radical (unpaired) electrons. The highest BCUT2D eigenvalue weighted by molar-refractivity contribution is 5.59. The van der Waals surface area contributed by atoms with Gasteiger partial charge in [0.05, 0.1) is 0 Å². The molecular formula is C12H21N. The molecule has 1 aliphatic rings. The van der Waals surface area contributed by atoms with Crippen molar-refractivity contribution >= 4 is 6.21 Å². The van der Waals surface area contributed by atoms with E-state index in [4.69, 9.17) is 0 Å². The molecule has 13 heavy (non-hydrogen) atoms. The SMILES string of the molecule is C=CC1(CC=NC(C)C)CCCC1. The average molecular weight is 179 g/mol. The van der Waals surface area contributed by atoms with Crippen LogP contribution in [0.5, 0.6) is 0 Å². The molecule has 0 unspecified atom stereocenters. The summed E-state index contributed by atoms with van der Waals surface area (Å²) in [6, 6.07) is 0.434. The number of hydrogen-bond donors (Lipinski definition) is 0. The Morgan fingerprint density at radius 2 is 2.00 bits per heavy atom. The van der Waals surface area contributed by atoms with Crippen molar-refractivity contribution in [1.29, 1.82) is 0 Å². The van der Waals surface area contributed by atoms with Gasteiger partial charge in [0.25, 0.3) is 0 Å². The van der Waals surface area contributed by atoms with Crippen LogP contribution in [0.3, 0.4) is 0 Å². The van der Waals surface area contributed by atoms with Crippen molar-refractivity contribution in [3.63, 3.8) is 0 Å². The molecule has 0 aromatic heterocycles. The van der Waals surface area contributed by atoms with Crippen LogP contribution >= 0.6 is 0 Å². The Bertz CT molecular complexity index is 185. The lowest BCUT2D eigenvalue weighted by Crippen LogP contribution is -2.13. The maximum atomic E-state index is 4.41. The third-order valence-electron chi connectivity index (χ3n) is 2.93. The minimum Gasteiger partial charge on any atom is -0.295 e. The largest absolute Gasteiger partial charge is 0.295 e. The van der Waals surface area contributed by atoms with E-state index in [9.17, 15) is 0 Å². The number of nitrogens with zero attached hydrogens (tertiary/aromatic N) is 1. The summed E-state index contributed by atoms with van der Waals surface area (Å²) < 4.78 is 0. The van der Waals surface area contributed by atoms with E-state index in [0.29, 0.717) is 11.5 Å². The summed E-state index contributed by atoms with van der Waals surface area (Å²) in [7, 11) is 0. The Morgan fingerprint density at radius 3 is 2.46 bits per heavy atom. The van der Waals surface area contributed by atoms with E-state index in [1.807, 2.05) is 0 Å². The number of allylic oxidation sites excluding steroid dienone is 1.